The summed E-state index contributed by atoms with van der Waals surface area (Å²) in [6.45, 7) is 4.47. The molecule has 2 N–H and O–H groups in total. The van der Waals surface area contributed by atoms with Crippen LogP contribution in [-0.4, -0.2) is 17.6 Å². The molecule has 2 aromatic carbocycles. The van der Waals surface area contributed by atoms with Crippen molar-refractivity contribution in [1.29, 1.82) is 0 Å². The highest BCUT2D eigenvalue weighted by molar-refractivity contribution is 5.97. The Balaban J connectivity index is 1.94. The first-order valence-corrected chi connectivity index (χ1v) is 6.70. The molecule has 0 aliphatic rings. The number of hydrogen-bond acceptors (Lipinski definition) is 2. The van der Waals surface area contributed by atoms with Gasteiger partial charge in [-0.2, -0.15) is 0 Å². The maximum Gasteiger partial charge on any atom is 0.251 e. The van der Waals surface area contributed by atoms with E-state index in [-0.39, 0.29) is 11.7 Å². The van der Waals surface area contributed by atoms with Crippen LogP contribution in [0.3, 0.4) is 0 Å². The zero-order valence-corrected chi connectivity index (χ0v) is 11.8. The van der Waals surface area contributed by atoms with Crippen LogP contribution in [0.4, 0.5) is 0 Å². The predicted octanol–water partition coefficient (Wildman–Crippen LogP) is 2.98. The minimum Gasteiger partial charge on any atom is -0.508 e. The van der Waals surface area contributed by atoms with Gasteiger partial charge in [-0.3, -0.25) is 4.79 Å². The van der Waals surface area contributed by atoms with Crippen LogP contribution in [0, 0.1) is 13.8 Å². The maximum absolute atomic E-state index is 12.2. The average Bonchev–Trinajstić information content (AvgIpc) is 2.41. The summed E-state index contributed by atoms with van der Waals surface area (Å²) in [6.07, 6.45) is 0.747. The van der Waals surface area contributed by atoms with E-state index in [1.54, 1.807) is 12.1 Å². The Morgan fingerprint density at radius 1 is 1.05 bits per heavy atom. The summed E-state index contributed by atoms with van der Waals surface area (Å²) in [6, 6.07) is 12.9. The van der Waals surface area contributed by atoms with Gasteiger partial charge in [0.1, 0.15) is 5.75 Å². The molecule has 104 valence electrons. The number of phenols is 1. The number of aryl methyl sites for hydroxylation is 2. The highest BCUT2D eigenvalue weighted by Crippen LogP contribution is 2.13. The third-order valence-corrected chi connectivity index (χ3v) is 3.34. The van der Waals surface area contributed by atoms with E-state index in [0.29, 0.717) is 6.54 Å². The quantitative estimate of drug-likeness (QED) is 0.896. The van der Waals surface area contributed by atoms with E-state index < -0.39 is 0 Å². The zero-order valence-electron chi connectivity index (χ0n) is 11.8. The molecule has 0 radical (unpaired) electrons. The fourth-order valence-electron chi connectivity index (χ4n) is 2.24. The first kappa shape index (κ1) is 14.1. The van der Waals surface area contributed by atoms with Crippen molar-refractivity contribution < 1.29 is 9.90 Å². The van der Waals surface area contributed by atoms with Crippen LogP contribution in [-0.2, 0) is 6.42 Å². The van der Waals surface area contributed by atoms with Crippen LogP contribution >= 0.6 is 0 Å². The number of aromatic hydroxyl groups is 1. The summed E-state index contributed by atoms with van der Waals surface area (Å²) in [5.74, 6) is 0.229. The summed E-state index contributed by atoms with van der Waals surface area (Å²) in [5, 5.41) is 12.2. The summed E-state index contributed by atoms with van der Waals surface area (Å²) >= 11 is 0. The molecular formula is C17H19NO2. The Hall–Kier alpha value is -2.29. The highest BCUT2D eigenvalue weighted by atomic mass is 16.3. The SMILES string of the molecule is Cc1cccc(C)c1C(=O)NCCc1ccc(O)cc1. The number of phenolic OH excluding ortho intramolecular Hbond substituents is 1. The van der Waals surface area contributed by atoms with Crippen molar-refractivity contribution in [2.45, 2.75) is 20.3 Å². The number of rotatable bonds is 4. The van der Waals surface area contributed by atoms with Crippen LogP contribution in [0.15, 0.2) is 42.5 Å². The van der Waals surface area contributed by atoms with Gasteiger partial charge >= 0.3 is 0 Å². The average molecular weight is 269 g/mol. The van der Waals surface area contributed by atoms with E-state index in [2.05, 4.69) is 5.32 Å². The van der Waals surface area contributed by atoms with Crippen LogP contribution in [0.25, 0.3) is 0 Å². The van der Waals surface area contributed by atoms with Crippen molar-refractivity contribution in [2.24, 2.45) is 0 Å². The van der Waals surface area contributed by atoms with Crippen molar-refractivity contribution in [2.75, 3.05) is 6.54 Å². The van der Waals surface area contributed by atoms with Gasteiger partial charge in [-0.15, -0.1) is 0 Å². The van der Waals surface area contributed by atoms with Crippen molar-refractivity contribution in [3.63, 3.8) is 0 Å². The minimum atomic E-state index is -0.0284. The van der Waals surface area contributed by atoms with E-state index in [1.165, 1.54) is 0 Å². The summed E-state index contributed by atoms with van der Waals surface area (Å²) in [5.41, 5.74) is 3.84. The van der Waals surface area contributed by atoms with Crippen LogP contribution in [0.5, 0.6) is 5.75 Å². The largest absolute Gasteiger partial charge is 0.508 e. The fourth-order valence-corrected chi connectivity index (χ4v) is 2.24. The number of nitrogens with one attached hydrogen (secondary N) is 1. The van der Waals surface area contributed by atoms with Gasteiger partial charge in [-0.1, -0.05) is 30.3 Å². The first-order chi connectivity index (χ1) is 9.58. The van der Waals surface area contributed by atoms with Crippen molar-refractivity contribution in [3.8, 4) is 5.75 Å². The molecule has 2 aromatic rings. The molecule has 3 nitrogen and oxygen atoms in total. The highest BCUT2D eigenvalue weighted by Gasteiger charge is 2.10. The number of hydrogen-bond donors (Lipinski definition) is 2. The maximum atomic E-state index is 12.2. The standard InChI is InChI=1S/C17H19NO2/c1-12-4-3-5-13(2)16(12)17(20)18-11-10-14-6-8-15(19)9-7-14/h3-9,19H,10-11H2,1-2H3,(H,18,20). The molecule has 3 heteroatoms. The number of benzene rings is 2. The molecule has 2 rings (SSSR count). The molecule has 1 amide bonds. The Bertz CT molecular complexity index is 583. The lowest BCUT2D eigenvalue weighted by Crippen LogP contribution is -2.27. The Labute approximate surface area is 119 Å². The molecule has 0 fully saturated rings. The second kappa shape index (κ2) is 6.24. The smallest absolute Gasteiger partial charge is 0.251 e. The lowest BCUT2D eigenvalue weighted by Gasteiger charge is -2.10. The lowest BCUT2D eigenvalue weighted by atomic mass is 10.0. The van der Waals surface area contributed by atoms with E-state index in [1.807, 2.05) is 44.2 Å². The molecule has 0 spiro atoms. The molecule has 0 saturated heterocycles. The Kier molecular flexibility index (Phi) is 4.41. The van der Waals surface area contributed by atoms with E-state index >= 15 is 0 Å². The second-order valence-corrected chi connectivity index (χ2v) is 4.94. The van der Waals surface area contributed by atoms with Crippen molar-refractivity contribution >= 4 is 5.91 Å². The predicted molar refractivity (Wildman–Crippen MR) is 80.1 cm³/mol. The third kappa shape index (κ3) is 3.38. The van der Waals surface area contributed by atoms with Crippen LogP contribution < -0.4 is 5.32 Å². The molecule has 0 heterocycles. The molecule has 0 aromatic heterocycles. The molecule has 0 atom stereocenters. The fraction of sp³-hybridized carbons (Fsp3) is 0.235. The summed E-state index contributed by atoms with van der Waals surface area (Å²) in [7, 11) is 0. The number of amides is 1. The normalized spacial score (nSPS) is 10.3. The van der Waals surface area contributed by atoms with Crippen LogP contribution in [0.2, 0.25) is 0 Å². The second-order valence-electron chi connectivity index (χ2n) is 4.94. The van der Waals surface area contributed by atoms with Gasteiger partial charge in [-0.25, -0.2) is 0 Å². The van der Waals surface area contributed by atoms with Gasteiger partial charge in [0.25, 0.3) is 5.91 Å². The van der Waals surface area contributed by atoms with Crippen molar-refractivity contribution in [1.82, 2.24) is 5.32 Å². The molecule has 0 aliphatic heterocycles. The van der Waals surface area contributed by atoms with Gasteiger partial charge in [-0.05, 0) is 49.1 Å². The van der Waals surface area contributed by atoms with Crippen LogP contribution in [0.1, 0.15) is 27.0 Å². The van der Waals surface area contributed by atoms with Gasteiger partial charge in [0.15, 0.2) is 0 Å². The Morgan fingerprint density at radius 2 is 1.65 bits per heavy atom. The molecular weight excluding hydrogens is 250 g/mol. The molecule has 0 saturated carbocycles. The van der Waals surface area contributed by atoms with Gasteiger partial charge < -0.3 is 10.4 Å². The third-order valence-electron chi connectivity index (χ3n) is 3.34. The number of carbonyl (C=O) groups excluding carboxylic acids is 1. The molecule has 0 bridgehead atoms. The summed E-state index contributed by atoms with van der Waals surface area (Å²) < 4.78 is 0. The van der Waals surface area contributed by atoms with E-state index in [4.69, 9.17) is 0 Å². The monoisotopic (exact) mass is 269 g/mol. The summed E-state index contributed by atoms with van der Waals surface area (Å²) in [4.78, 5) is 12.2. The van der Waals surface area contributed by atoms with E-state index in [9.17, 15) is 9.90 Å². The number of carbonyl (C=O) groups is 1. The van der Waals surface area contributed by atoms with Gasteiger partial charge in [0.2, 0.25) is 0 Å². The van der Waals surface area contributed by atoms with Gasteiger partial charge in [0, 0.05) is 12.1 Å². The topological polar surface area (TPSA) is 49.3 Å². The molecule has 20 heavy (non-hydrogen) atoms. The first-order valence-electron chi connectivity index (χ1n) is 6.70. The van der Waals surface area contributed by atoms with Gasteiger partial charge in [0.05, 0.1) is 0 Å². The zero-order chi connectivity index (χ0) is 14.5. The van der Waals surface area contributed by atoms with E-state index in [0.717, 1.165) is 28.7 Å². The minimum absolute atomic E-state index is 0.0284. The molecule has 0 aliphatic carbocycles. The Morgan fingerprint density at radius 3 is 2.25 bits per heavy atom. The molecule has 0 unspecified atom stereocenters. The lowest BCUT2D eigenvalue weighted by molar-refractivity contribution is 0.0953. The van der Waals surface area contributed by atoms with Crippen molar-refractivity contribution in [3.05, 3.63) is 64.7 Å².